The van der Waals surface area contributed by atoms with Gasteiger partial charge in [0.1, 0.15) is 5.60 Å². The zero-order chi connectivity index (χ0) is 22.9. The van der Waals surface area contributed by atoms with Gasteiger partial charge in [-0.15, -0.1) is 6.42 Å². The van der Waals surface area contributed by atoms with Crippen LogP contribution in [0.4, 0.5) is 8.78 Å². The Morgan fingerprint density at radius 3 is 2.66 bits per heavy atom. The van der Waals surface area contributed by atoms with Crippen LogP contribution in [-0.2, 0) is 4.79 Å². The fraction of sp³-hybridized carbons (Fsp3) is 0.536. The molecule has 1 N–H and O–H groups in total. The molecule has 0 bridgehead atoms. The molecule has 2 fully saturated rings. The number of benzene rings is 1. The molecule has 32 heavy (non-hydrogen) atoms. The molecule has 0 aliphatic heterocycles. The summed E-state index contributed by atoms with van der Waals surface area (Å²) in [5, 5.41) is 11.5. The van der Waals surface area contributed by atoms with E-state index in [1.54, 1.807) is 5.92 Å². The quantitative estimate of drug-likeness (QED) is 0.587. The lowest BCUT2D eigenvalue weighted by atomic mass is 9.50. The first-order valence-corrected chi connectivity index (χ1v) is 11.7. The van der Waals surface area contributed by atoms with Crippen LogP contribution in [0.5, 0.6) is 0 Å². The van der Waals surface area contributed by atoms with Gasteiger partial charge in [0.15, 0.2) is 5.78 Å². The highest BCUT2D eigenvalue weighted by atomic mass is 19.3. The van der Waals surface area contributed by atoms with E-state index in [-0.39, 0.29) is 30.0 Å². The first-order valence-electron chi connectivity index (χ1n) is 11.7. The number of aliphatic hydroxyl groups is 1. The number of carbonyl (C=O) groups is 1. The molecule has 4 aliphatic carbocycles. The van der Waals surface area contributed by atoms with E-state index in [1.165, 1.54) is 11.1 Å². The van der Waals surface area contributed by atoms with Gasteiger partial charge in [-0.05, 0) is 91.6 Å². The molecule has 4 aliphatic rings. The SMILES string of the molecule is C#CC(F)(F)[C@]1(O)CCC2C3CCC4=CC(=O)CCC4=C3[C@@H](c3ccccc3C)C[C@@]21C. The molecular formula is C28H30F2O2. The smallest absolute Gasteiger partial charge is 0.336 e. The van der Waals surface area contributed by atoms with Gasteiger partial charge in [-0.3, -0.25) is 4.79 Å². The summed E-state index contributed by atoms with van der Waals surface area (Å²) in [6, 6.07) is 8.14. The Bertz CT molecular complexity index is 1090. The standard InChI is InChI=1S/C28H30F2O2/c1-4-28(29,30)27(32)14-13-24-22-11-9-18-15-19(31)10-12-21(18)25(22)23(16-26(24,27)3)20-8-6-5-7-17(20)2/h1,5-8,15,22-24,32H,9-14,16H2,2-3H3/t22?,23-,24?,26+,27+/m1/s1. The number of fused-ring (bicyclic) bond motifs is 4. The molecule has 0 amide bonds. The van der Waals surface area contributed by atoms with Crippen molar-refractivity contribution in [3.63, 3.8) is 0 Å². The molecule has 0 radical (unpaired) electrons. The summed E-state index contributed by atoms with van der Waals surface area (Å²) in [5.41, 5.74) is 2.80. The molecule has 2 nitrogen and oxygen atoms in total. The maximum atomic E-state index is 15.1. The lowest BCUT2D eigenvalue weighted by Gasteiger charge is -2.55. The predicted octanol–water partition coefficient (Wildman–Crippen LogP) is 5.89. The number of alkyl halides is 2. The van der Waals surface area contributed by atoms with Gasteiger partial charge in [0.2, 0.25) is 0 Å². The second-order valence-electron chi connectivity index (χ2n) is 10.5. The van der Waals surface area contributed by atoms with Crippen molar-refractivity contribution in [2.75, 3.05) is 0 Å². The van der Waals surface area contributed by atoms with Crippen LogP contribution < -0.4 is 0 Å². The summed E-state index contributed by atoms with van der Waals surface area (Å²) in [6.07, 6.45) is 10.9. The zero-order valence-corrected chi connectivity index (χ0v) is 18.8. The number of halogens is 2. The molecule has 5 atom stereocenters. The van der Waals surface area contributed by atoms with Crippen molar-refractivity contribution in [1.82, 2.24) is 0 Å². The fourth-order valence-electron chi connectivity index (χ4n) is 7.56. The Morgan fingerprint density at radius 2 is 1.94 bits per heavy atom. The molecule has 5 rings (SSSR count). The fourth-order valence-corrected chi connectivity index (χ4v) is 7.56. The average molecular weight is 437 g/mol. The van der Waals surface area contributed by atoms with Crippen molar-refractivity contribution in [2.24, 2.45) is 17.3 Å². The van der Waals surface area contributed by atoms with Crippen LogP contribution in [0.25, 0.3) is 0 Å². The topological polar surface area (TPSA) is 37.3 Å². The van der Waals surface area contributed by atoms with Gasteiger partial charge < -0.3 is 5.11 Å². The first kappa shape index (κ1) is 21.6. The molecule has 0 aromatic heterocycles. The average Bonchev–Trinajstić information content (AvgIpc) is 3.05. The molecule has 168 valence electrons. The van der Waals surface area contributed by atoms with Crippen LogP contribution in [-0.4, -0.2) is 22.4 Å². The lowest BCUT2D eigenvalue weighted by molar-refractivity contribution is -0.209. The summed E-state index contributed by atoms with van der Waals surface area (Å²) >= 11 is 0. The minimum Gasteiger partial charge on any atom is -0.382 e. The Balaban J connectivity index is 1.72. The van der Waals surface area contributed by atoms with Crippen molar-refractivity contribution in [1.29, 1.82) is 0 Å². The van der Waals surface area contributed by atoms with Crippen LogP contribution in [0.3, 0.4) is 0 Å². The highest BCUT2D eigenvalue weighted by molar-refractivity contribution is 5.93. The maximum Gasteiger partial charge on any atom is 0.336 e. The highest BCUT2D eigenvalue weighted by Crippen LogP contribution is 2.69. The zero-order valence-electron chi connectivity index (χ0n) is 18.8. The van der Waals surface area contributed by atoms with E-state index in [1.807, 2.05) is 25.1 Å². The minimum absolute atomic E-state index is 0.0200. The summed E-state index contributed by atoms with van der Waals surface area (Å²) in [6.45, 7) is 3.91. The molecule has 0 heterocycles. The number of hydrogen-bond acceptors (Lipinski definition) is 2. The third kappa shape index (κ3) is 2.76. The van der Waals surface area contributed by atoms with E-state index >= 15 is 8.78 Å². The number of hydrogen-bond donors (Lipinski definition) is 1. The minimum atomic E-state index is -3.57. The second-order valence-corrected chi connectivity index (χ2v) is 10.5. The summed E-state index contributed by atoms with van der Waals surface area (Å²) in [4.78, 5) is 12.1. The van der Waals surface area contributed by atoms with Crippen molar-refractivity contribution in [2.45, 2.75) is 76.2 Å². The number of rotatable bonds is 2. The van der Waals surface area contributed by atoms with Crippen molar-refractivity contribution in [3.05, 3.63) is 58.2 Å². The molecular weight excluding hydrogens is 406 g/mol. The third-order valence-corrected chi connectivity index (χ3v) is 9.15. The molecule has 0 saturated heterocycles. The van der Waals surface area contributed by atoms with Gasteiger partial charge in [-0.1, -0.05) is 36.8 Å². The lowest BCUT2D eigenvalue weighted by Crippen LogP contribution is -2.60. The van der Waals surface area contributed by atoms with E-state index in [4.69, 9.17) is 6.42 Å². The van der Waals surface area contributed by atoms with E-state index in [2.05, 4.69) is 19.1 Å². The van der Waals surface area contributed by atoms with E-state index in [9.17, 15) is 9.90 Å². The van der Waals surface area contributed by atoms with Crippen LogP contribution >= 0.6 is 0 Å². The van der Waals surface area contributed by atoms with Crippen LogP contribution in [0, 0.1) is 36.5 Å². The normalized spacial score (nSPS) is 36.7. The summed E-state index contributed by atoms with van der Waals surface area (Å²) in [7, 11) is 0. The summed E-state index contributed by atoms with van der Waals surface area (Å²) in [5.74, 6) is -1.75. The molecule has 1 aromatic carbocycles. The Hall–Kier alpha value is -2.25. The maximum absolute atomic E-state index is 15.1. The number of allylic oxidation sites excluding steroid dienone is 4. The molecule has 4 heteroatoms. The van der Waals surface area contributed by atoms with Crippen LogP contribution in [0.15, 0.2) is 47.1 Å². The number of ketones is 1. The largest absolute Gasteiger partial charge is 0.382 e. The van der Waals surface area contributed by atoms with Gasteiger partial charge in [-0.2, -0.15) is 8.78 Å². The van der Waals surface area contributed by atoms with Crippen molar-refractivity contribution in [3.8, 4) is 12.3 Å². The van der Waals surface area contributed by atoms with Crippen LogP contribution in [0.1, 0.15) is 68.9 Å². The number of aryl methyl sites for hydroxylation is 1. The van der Waals surface area contributed by atoms with E-state index in [0.717, 1.165) is 36.0 Å². The Labute approximate surface area is 188 Å². The van der Waals surface area contributed by atoms with Crippen molar-refractivity contribution < 1.29 is 18.7 Å². The van der Waals surface area contributed by atoms with E-state index < -0.39 is 16.9 Å². The monoisotopic (exact) mass is 436 g/mol. The number of carbonyl (C=O) groups excluding carboxylic acids is 1. The van der Waals surface area contributed by atoms with Gasteiger partial charge in [0, 0.05) is 17.8 Å². The molecule has 2 unspecified atom stereocenters. The van der Waals surface area contributed by atoms with Crippen LogP contribution in [0.2, 0.25) is 0 Å². The van der Waals surface area contributed by atoms with Gasteiger partial charge in [0.05, 0.1) is 0 Å². The van der Waals surface area contributed by atoms with Gasteiger partial charge in [0.25, 0.3) is 0 Å². The van der Waals surface area contributed by atoms with Crippen molar-refractivity contribution >= 4 is 5.78 Å². The molecule has 0 spiro atoms. The number of terminal acetylenes is 1. The molecule has 2 saturated carbocycles. The Kier molecular flexibility index (Phi) is 4.81. The summed E-state index contributed by atoms with van der Waals surface area (Å²) < 4.78 is 30.1. The second kappa shape index (κ2) is 7.12. The van der Waals surface area contributed by atoms with E-state index in [0.29, 0.717) is 19.3 Å². The highest BCUT2D eigenvalue weighted by Gasteiger charge is 2.71. The van der Waals surface area contributed by atoms with Gasteiger partial charge in [-0.25, -0.2) is 0 Å². The third-order valence-electron chi connectivity index (χ3n) is 9.15. The predicted molar refractivity (Wildman–Crippen MR) is 120 cm³/mol. The molecule has 1 aromatic rings. The first-order chi connectivity index (χ1) is 15.1. The Morgan fingerprint density at radius 1 is 1.19 bits per heavy atom. The van der Waals surface area contributed by atoms with Gasteiger partial charge >= 0.3 is 5.92 Å².